The number of unbranched alkanes of at least 4 members (excludes halogenated alkanes) is 8. The molecule has 0 spiro atoms. The van der Waals surface area contributed by atoms with Crippen LogP contribution in [0, 0.1) is 37.0 Å². The summed E-state index contributed by atoms with van der Waals surface area (Å²) in [5.41, 5.74) is 0. The molecule has 2 aliphatic heterocycles. The van der Waals surface area contributed by atoms with Crippen molar-refractivity contribution >= 4 is 76.7 Å². The van der Waals surface area contributed by atoms with Gasteiger partial charge in [0.2, 0.25) is 0 Å². The lowest BCUT2D eigenvalue weighted by Gasteiger charge is -2.13. The molecule has 2 rings (SSSR count). The molecule has 2 aliphatic rings. The average molecular weight is 1080 g/mol. The second kappa shape index (κ2) is 55.7. The number of imide groups is 2. The van der Waals surface area contributed by atoms with E-state index in [1.165, 1.54) is 68.5 Å². The van der Waals surface area contributed by atoms with E-state index < -0.39 is 40.8 Å². The predicted molar refractivity (Wildman–Crippen MR) is 304 cm³/mol. The zero-order valence-corrected chi connectivity index (χ0v) is 47.5. The number of hydroxylamine groups is 4. The minimum Gasteiger partial charge on any atom is -0.481 e. The van der Waals surface area contributed by atoms with Crippen molar-refractivity contribution in [2.45, 2.75) is 175 Å². The summed E-state index contributed by atoms with van der Waals surface area (Å²) in [7, 11) is 10.1. The molecule has 422 valence electrons. The quantitative estimate of drug-likeness (QED) is 0.0160. The van der Waals surface area contributed by atoms with Crippen molar-refractivity contribution in [3.05, 3.63) is 0 Å². The number of terminal acetylenes is 3. The third-order valence-corrected chi connectivity index (χ3v) is 11.6. The van der Waals surface area contributed by atoms with Gasteiger partial charge in [0.1, 0.15) is 0 Å². The fraction of sp³-hybridized carbons (Fsp3) is 0.722. The minimum atomic E-state index is -0.835. The van der Waals surface area contributed by atoms with Gasteiger partial charge in [-0.1, -0.05) is 72.6 Å². The van der Waals surface area contributed by atoms with Crippen LogP contribution in [0.3, 0.4) is 0 Å². The van der Waals surface area contributed by atoms with Crippen LogP contribution in [0.4, 0.5) is 0 Å². The highest BCUT2D eigenvalue weighted by Gasteiger charge is 2.42. The average Bonchev–Trinajstić information content (AvgIpc) is 3.75. The first kappa shape index (κ1) is 77.9. The topological polar surface area (TPSA) is 231 Å². The van der Waals surface area contributed by atoms with E-state index in [0.717, 1.165) is 56.8 Å². The molecule has 0 aromatic heterocycles. The number of amides is 4. The van der Waals surface area contributed by atoms with Crippen LogP contribution in [0.15, 0.2) is 15.0 Å². The highest BCUT2D eigenvalue weighted by Crippen LogP contribution is 2.27. The van der Waals surface area contributed by atoms with Gasteiger partial charge >= 0.3 is 11.9 Å². The van der Waals surface area contributed by atoms with E-state index >= 15 is 0 Å². The van der Waals surface area contributed by atoms with E-state index in [2.05, 4.69) is 76.9 Å². The third-order valence-electron chi connectivity index (χ3n) is 9.02. The van der Waals surface area contributed by atoms with Crippen molar-refractivity contribution in [2.75, 3.05) is 79.5 Å². The monoisotopic (exact) mass is 1080 g/mol. The molecule has 0 saturated carbocycles. The van der Waals surface area contributed by atoms with Crippen molar-refractivity contribution < 1.29 is 48.7 Å². The van der Waals surface area contributed by atoms with E-state index in [4.69, 9.17) is 34.4 Å². The molecule has 2 unspecified atom stereocenters. The Morgan fingerprint density at radius 3 is 1.61 bits per heavy atom. The summed E-state index contributed by atoms with van der Waals surface area (Å²) in [5, 5.41) is 20.0. The normalized spacial score (nSPS) is 14.2. The van der Waals surface area contributed by atoms with Crippen LogP contribution in [0.5, 0.6) is 0 Å². The SMILES string of the molecule is C.C#CCCC(=O)C(=NCC)NCC.C#CCCC(=O)O.C#CCCC(=O)ON1C(=O)CC(SCCCCCCC)C1=O.CCCCCCCSC1CC(=O)N(O)C1=O.CCN=C=NCCCN(C)C.CN(C)C. The number of thioether (sulfide) groups is 2. The smallest absolute Gasteiger partial charge is 0.334 e. The Kier molecular flexibility index (Phi) is 58.7. The molecular weight excluding hydrogens is 985 g/mol. The van der Waals surface area contributed by atoms with Crippen LogP contribution in [0.1, 0.15) is 164 Å². The molecule has 20 heteroatoms. The molecule has 2 fully saturated rings. The van der Waals surface area contributed by atoms with Gasteiger partial charge in [-0.2, -0.15) is 5.06 Å². The first-order chi connectivity index (χ1) is 34.8. The largest absolute Gasteiger partial charge is 0.481 e. The fourth-order valence-electron chi connectivity index (χ4n) is 5.40. The number of Topliss-reactive ketones (excluding diaryl/α,β-unsaturated/α-hetero) is 1. The van der Waals surface area contributed by atoms with Gasteiger partial charge in [-0.25, -0.2) is 14.8 Å². The molecule has 74 heavy (non-hydrogen) atoms. The molecule has 0 aromatic carbocycles. The van der Waals surface area contributed by atoms with E-state index in [1.807, 2.05) is 46.8 Å². The number of hydrogen-bond acceptors (Lipinski definition) is 16. The maximum Gasteiger partial charge on any atom is 0.334 e. The van der Waals surface area contributed by atoms with E-state index in [0.29, 0.717) is 43.3 Å². The number of aliphatic carboxylic acids is 1. The number of carboxylic acids is 1. The number of amidine groups is 1. The number of carbonyl (C=O) groups excluding carboxylic acids is 6. The van der Waals surface area contributed by atoms with Crippen molar-refractivity contribution in [3.8, 4) is 37.0 Å². The molecule has 2 heterocycles. The summed E-state index contributed by atoms with van der Waals surface area (Å²) in [5.74, 6) is 5.85. The minimum absolute atomic E-state index is 0. The van der Waals surface area contributed by atoms with Crippen LogP contribution in [0.2, 0.25) is 0 Å². The Morgan fingerprint density at radius 2 is 1.19 bits per heavy atom. The molecule has 0 radical (unpaired) electrons. The second-order valence-corrected chi connectivity index (χ2v) is 19.3. The van der Waals surface area contributed by atoms with Gasteiger partial charge in [-0.05, 0) is 93.3 Å². The van der Waals surface area contributed by atoms with Crippen LogP contribution < -0.4 is 5.32 Å². The third kappa shape index (κ3) is 49.2. The summed E-state index contributed by atoms with van der Waals surface area (Å²) >= 11 is 2.95. The van der Waals surface area contributed by atoms with Crippen molar-refractivity contribution in [1.29, 1.82) is 0 Å². The Balaban J connectivity index is -0.000000273. The molecule has 0 bridgehead atoms. The Hall–Kier alpha value is -5.00. The molecule has 3 N–H and O–H groups in total. The maximum absolute atomic E-state index is 12.1. The summed E-state index contributed by atoms with van der Waals surface area (Å²) in [6.07, 6.45) is 29.5. The molecule has 0 aliphatic carbocycles. The van der Waals surface area contributed by atoms with Crippen LogP contribution >= 0.6 is 23.5 Å². The predicted octanol–water partition coefficient (Wildman–Crippen LogP) is 8.32. The van der Waals surface area contributed by atoms with Crippen molar-refractivity contribution in [3.63, 3.8) is 0 Å². The van der Waals surface area contributed by atoms with Gasteiger partial charge < -0.3 is 25.1 Å². The van der Waals surface area contributed by atoms with Gasteiger partial charge in [0.15, 0.2) is 11.6 Å². The van der Waals surface area contributed by atoms with Crippen LogP contribution in [0.25, 0.3) is 0 Å². The number of rotatable bonds is 29. The highest BCUT2D eigenvalue weighted by molar-refractivity contribution is 8.00. The fourth-order valence-corrected chi connectivity index (χ4v) is 7.71. The first-order valence-corrected chi connectivity index (χ1v) is 27.4. The Labute approximate surface area is 454 Å². The van der Waals surface area contributed by atoms with Gasteiger partial charge in [0.25, 0.3) is 23.6 Å². The van der Waals surface area contributed by atoms with Gasteiger partial charge in [0, 0.05) is 45.3 Å². The first-order valence-electron chi connectivity index (χ1n) is 25.3. The number of nitrogens with zero attached hydrogens (tertiary/aromatic N) is 7. The molecular formula is C54H94N8O10S2. The van der Waals surface area contributed by atoms with Gasteiger partial charge in [-0.15, -0.1) is 65.6 Å². The number of carbonyl (C=O) groups is 7. The molecule has 18 nitrogen and oxygen atoms in total. The zero-order chi connectivity index (χ0) is 56.2. The number of hydrogen-bond donors (Lipinski definition) is 3. The lowest BCUT2D eigenvalue weighted by atomic mass is 10.2. The number of aliphatic imine (C=N–C) groups is 3. The van der Waals surface area contributed by atoms with E-state index in [1.54, 1.807) is 0 Å². The number of nitrogens with one attached hydrogen (secondary N) is 1. The lowest BCUT2D eigenvalue weighted by Crippen LogP contribution is -2.33. The zero-order valence-electron chi connectivity index (χ0n) is 45.9. The molecule has 2 atom stereocenters. The number of likely N-dealkylation sites (N-methyl/N-ethyl adjacent to an activating group) is 1. The van der Waals surface area contributed by atoms with Crippen LogP contribution in [-0.4, -0.2) is 173 Å². The summed E-state index contributed by atoms with van der Waals surface area (Å²) < 4.78 is 0. The van der Waals surface area contributed by atoms with E-state index in [-0.39, 0.29) is 55.6 Å². The maximum atomic E-state index is 12.1. The van der Waals surface area contributed by atoms with Gasteiger partial charge in [0.05, 0.1) is 48.7 Å². The molecule has 2 saturated heterocycles. The summed E-state index contributed by atoms with van der Waals surface area (Å²) in [4.78, 5) is 99.5. The standard InChI is InChI=1S/C16H23NO4S.C11H19NO3S.C10H16N2O.C8H17N3.C5H6O2.C3H9N.CH4/c1-3-5-7-8-9-11-22-13-12-14(18)17(16(13)20)21-15(19)10-6-4-2;1-2-3-4-5-6-7-16-9-8-10(13)12(15)11(9)14;1-4-7-8-9(13)10(11-5-2)12-6-3;1-4-9-8-10-6-5-7-11(2)3;1-2-3-4-5(6)7;1-4(2)3;/h2,13H,3,5-12H2,1H3;9,15H,2-8H2,1H3;1H,5-8H2,2-3H3,(H,11,12);4-7H2,1-3H3;1H,3-4H2,(H,6,7);1-3H3;1H4. The van der Waals surface area contributed by atoms with Crippen molar-refractivity contribution in [2.24, 2.45) is 15.0 Å². The Bertz CT molecular complexity index is 1770. The highest BCUT2D eigenvalue weighted by atomic mass is 32.2. The molecule has 0 aromatic rings. The lowest BCUT2D eigenvalue weighted by molar-refractivity contribution is -0.197. The van der Waals surface area contributed by atoms with Gasteiger partial charge in [-0.3, -0.25) is 39.0 Å². The Morgan fingerprint density at radius 1 is 0.703 bits per heavy atom. The van der Waals surface area contributed by atoms with E-state index in [9.17, 15) is 33.6 Å². The molecule has 4 amide bonds. The number of ketones is 1. The summed E-state index contributed by atoms with van der Waals surface area (Å²) in [6, 6.07) is 2.64. The summed E-state index contributed by atoms with van der Waals surface area (Å²) in [6.45, 7) is 14.2. The van der Waals surface area contributed by atoms with Crippen LogP contribution in [-0.2, 0) is 38.4 Å². The number of carboxylic acid groups (broad SMARTS) is 1. The second-order valence-electron chi connectivity index (χ2n) is 16.7. The van der Waals surface area contributed by atoms with Crippen molar-refractivity contribution in [1.82, 2.24) is 25.2 Å².